The molecule has 0 amide bonds. The molecule has 6 heteroatoms. The number of benzene rings is 1. The summed E-state index contributed by atoms with van der Waals surface area (Å²) < 4.78 is 11.5. The van der Waals surface area contributed by atoms with Crippen molar-refractivity contribution in [3.63, 3.8) is 0 Å². The maximum Gasteiger partial charge on any atom is 0.321 e. The summed E-state index contributed by atoms with van der Waals surface area (Å²) in [6, 6.07) is 11.2. The van der Waals surface area contributed by atoms with Crippen LogP contribution in [0.1, 0.15) is 17.2 Å². The van der Waals surface area contributed by atoms with E-state index in [0.717, 1.165) is 5.56 Å². The number of aromatic nitrogens is 3. The fourth-order valence-corrected chi connectivity index (χ4v) is 2.93. The van der Waals surface area contributed by atoms with Gasteiger partial charge in [0.05, 0.1) is 12.7 Å². The molecule has 126 valence electrons. The Morgan fingerprint density at radius 1 is 1.12 bits per heavy atom. The zero-order valence-corrected chi connectivity index (χ0v) is 13.4. The Kier molecular flexibility index (Phi) is 4.26. The topological polar surface area (TPSA) is 77.4 Å². The van der Waals surface area contributed by atoms with Crippen molar-refractivity contribution in [2.45, 2.75) is 12.5 Å². The highest BCUT2D eigenvalue weighted by Crippen LogP contribution is 2.39. The number of nitrogens with zero attached hydrogens (tertiary/aromatic N) is 3. The molecule has 4 rings (SSSR count). The Hall–Kier alpha value is -2.99. The van der Waals surface area contributed by atoms with Crippen LogP contribution in [0.15, 0.2) is 61.2 Å². The molecule has 0 spiro atoms. The Morgan fingerprint density at radius 3 is 2.80 bits per heavy atom. The van der Waals surface area contributed by atoms with E-state index in [1.54, 1.807) is 42.9 Å². The van der Waals surface area contributed by atoms with Gasteiger partial charge in [-0.2, -0.15) is 0 Å². The van der Waals surface area contributed by atoms with Gasteiger partial charge in [-0.25, -0.2) is 9.97 Å². The first-order valence-corrected chi connectivity index (χ1v) is 8.08. The van der Waals surface area contributed by atoms with Crippen molar-refractivity contribution in [2.75, 3.05) is 6.61 Å². The van der Waals surface area contributed by atoms with Crippen LogP contribution in [0, 0.1) is 5.92 Å². The highest BCUT2D eigenvalue weighted by Gasteiger charge is 2.30. The molecule has 0 fully saturated rings. The smallest absolute Gasteiger partial charge is 0.321 e. The summed E-state index contributed by atoms with van der Waals surface area (Å²) in [5, 5.41) is 10.8. The molecule has 0 aliphatic carbocycles. The quantitative estimate of drug-likeness (QED) is 0.790. The van der Waals surface area contributed by atoms with Crippen LogP contribution in [0.2, 0.25) is 0 Å². The van der Waals surface area contributed by atoms with Crippen molar-refractivity contribution in [2.24, 2.45) is 5.92 Å². The van der Waals surface area contributed by atoms with Crippen molar-refractivity contribution in [1.29, 1.82) is 0 Å². The maximum absolute atomic E-state index is 10.8. The van der Waals surface area contributed by atoms with Gasteiger partial charge in [-0.1, -0.05) is 6.07 Å². The van der Waals surface area contributed by atoms with Gasteiger partial charge in [0.2, 0.25) is 0 Å². The summed E-state index contributed by atoms with van der Waals surface area (Å²) in [4.78, 5) is 12.2. The van der Waals surface area contributed by atoms with Crippen molar-refractivity contribution >= 4 is 0 Å². The van der Waals surface area contributed by atoms with E-state index in [9.17, 15) is 5.11 Å². The van der Waals surface area contributed by atoms with Crippen molar-refractivity contribution in [3.05, 3.63) is 72.3 Å². The average Bonchev–Trinajstić information content (AvgIpc) is 2.66. The lowest BCUT2D eigenvalue weighted by atomic mass is 9.88. The van der Waals surface area contributed by atoms with Gasteiger partial charge in [-0.05, 0) is 42.3 Å². The Bertz CT molecular complexity index is 843. The molecule has 0 radical (unpaired) electrons. The first kappa shape index (κ1) is 15.5. The minimum absolute atomic E-state index is 0.0417. The van der Waals surface area contributed by atoms with Crippen LogP contribution in [0.5, 0.6) is 17.5 Å². The molecular weight excluding hydrogens is 318 g/mol. The molecule has 2 atom stereocenters. The van der Waals surface area contributed by atoms with E-state index in [2.05, 4.69) is 15.0 Å². The molecule has 0 unspecified atom stereocenters. The zero-order chi connectivity index (χ0) is 17.1. The average molecular weight is 335 g/mol. The van der Waals surface area contributed by atoms with E-state index in [4.69, 9.17) is 9.47 Å². The molecule has 3 aromatic rings. The minimum Gasteiger partial charge on any atom is -0.493 e. The predicted molar refractivity (Wildman–Crippen MR) is 90.4 cm³/mol. The Labute approximate surface area is 145 Å². The predicted octanol–water partition coefficient (Wildman–Crippen LogP) is 2.95. The van der Waals surface area contributed by atoms with Crippen LogP contribution < -0.4 is 9.47 Å². The molecule has 25 heavy (non-hydrogen) atoms. The van der Waals surface area contributed by atoms with Crippen LogP contribution >= 0.6 is 0 Å². The maximum atomic E-state index is 10.8. The molecule has 1 aromatic carbocycles. The first-order chi connectivity index (χ1) is 12.3. The first-order valence-electron chi connectivity index (χ1n) is 8.08. The van der Waals surface area contributed by atoms with Crippen LogP contribution in [0.3, 0.4) is 0 Å². The van der Waals surface area contributed by atoms with Crippen molar-refractivity contribution in [1.82, 2.24) is 15.0 Å². The van der Waals surface area contributed by atoms with Crippen molar-refractivity contribution in [3.8, 4) is 17.5 Å². The number of rotatable bonds is 4. The second-order valence-corrected chi connectivity index (χ2v) is 5.91. The fraction of sp³-hybridized carbons (Fsp3) is 0.211. The van der Waals surface area contributed by atoms with Crippen LogP contribution in [-0.2, 0) is 6.42 Å². The van der Waals surface area contributed by atoms with Crippen molar-refractivity contribution < 1.29 is 14.6 Å². The van der Waals surface area contributed by atoms with Gasteiger partial charge in [0.25, 0.3) is 0 Å². The van der Waals surface area contributed by atoms with Crippen LogP contribution in [-0.4, -0.2) is 26.7 Å². The number of aliphatic hydroxyl groups is 1. The van der Waals surface area contributed by atoms with E-state index in [0.29, 0.717) is 30.1 Å². The zero-order valence-electron chi connectivity index (χ0n) is 13.4. The van der Waals surface area contributed by atoms with Gasteiger partial charge in [0.1, 0.15) is 11.5 Å². The van der Waals surface area contributed by atoms with Gasteiger partial charge >= 0.3 is 6.01 Å². The van der Waals surface area contributed by atoms with E-state index in [1.807, 2.05) is 18.3 Å². The summed E-state index contributed by atoms with van der Waals surface area (Å²) in [5.41, 5.74) is 1.79. The molecular formula is C19H17N3O3. The number of pyridine rings is 1. The number of hydrogen-bond donors (Lipinski definition) is 1. The third-order valence-corrected chi connectivity index (χ3v) is 4.17. The highest BCUT2D eigenvalue weighted by atomic mass is 16.5. The standard InChI is InChI=1S/C19H17N3O3/c23-18-14(9-13-3-1-6-20-11-13)12-24-17-5-4-15(10-16(17)18)25-19-21-7-2-8-22-19/h1-8,10-11,14,18,23H,9,12H2/t14-,18-/m0/s1. The number of hydrogen-bond acceptors (Lipinski definition) is 6. The fourth-order valence-electron chi connectivity index (χ4n) is 2.93. The van der Waals surface area contributed by atoms with Gasteiger partial charge in [0, 0.05) is 36.3 Å². The third kappa shape index (κ3) is 3.44. The number of fused-ring (bicyclic) bond motifs is 1. The second-order valence-electron chi connectivity index (χ2n) is 5.91. The monoisotopic (exact) mass is 335 g/mol. The van der Waals surface area contributed by atoms with Gasteiger partial charge < -0.3 is 14.6 Å². The van der Waals surface area contributed by atoms with Crippen LogP contribution in [0.4, 0.5) is 0 Å². The third-order valence-electron chi connectivity index (χ3n) is 4.17. The second kappa shape index (κ2) is 6.86. The van der Waals surface area contributed by atoms with E-state index >= 15 is 0 Å². The highest BCUT2D eigenvalue weighted by molar-refractivity contribution is 5.44. The van der Waals surface area contributed by atoms with Crippen LogP contribution in [0.25, 0.3) is 0 Å². The molecule has 1 aliphatic heterocycles. The summed E-state index contributed by atoms with van der Waals surface area (Å²) in [6.45, 7) is 0.463. The van der Waals surface area contributed by atoms with Gasteiger partial charge in [0.15, 0.2) is 0 Å². The Balaban J connectivity index is 1.55. The molecule has 0 saturated heterocycles. The lowest BCUT2D eigenvalue weighted by Crippen LogP contribution is -2.27. The summed E-state index contributed by atoms with van der Waals surface area (Å²) in [6.07, 6.45) is 6.84. The van der Waals surface area contributed by atoms with Gasteiger partial charge in [-0.15, -0.1) is 0 Å². The lowest BCUT2D eigenvalue weighted by Gasteiger charge is -2.30. The van der Waals surface area contributed by atoms with E-state index in [1.165, 1.54) is 0 Å². The summed E-state index contributed by atoms with van der Waals surface area (Å²) in [7, 11) is 0. The van der Waals surface area contributed by atoms with E-state index in [-0.39, 0.29) is 11.9 Å². The van der Waals surface area contributed by atoms with E-state index < -0.39 is 6.10 Å². The normalized spacial score (nSPS) is 18.9. The largest absolute Gasteiger partial charge is 0.493 e. The molecule has 0 bridgehead atoms. The summed E-state index contributed by atoms with van der Waals surface area (Å²) in [5.74, 6) is 1.20. The lowest BCUT2D eigenvalue weighted by molar-refractivity contribution is 0.0505. The summed E-state index contributed by atoms with van der Waals surface area (Å²) >= 11 is 0. The molecule has 1 N–H and O–H groups in total. The minimum atomic E-state index is -0.635. The number of ether oxygens (including phenoxy) is 2. The molecule has 1 aliphatic rings. The molecule has 2 aromatic heterocycles. The molecule has 3 heterocycles. The Morgan fingerprint density at radius 2 is 2.00 bits per heavy atom. The molecule has 6 nitrogen and oxygen atoms in total. The SMILES string of the molecule is O[C@@H]1c2cc(Oc3ncccn3)ccc2OC[C@@H]1Cc1cccnc1. The number of aliphatic hydroxyl groups excluding tert-OH is 1. The molecule has 0 saturated carbocycles. The van der Waals surface area contributed by atoms with Gasteiger partial charge in [-0.3, -0.25) is 4.98 Å².